The minimum absolute atomic E-state index is 0.0825. The Morgan fingerprint density at radius 3 is 2.55 bits per heavy atom. The van der Waals surface area contributed by atoms with Crippen LogP contribution < -0.4 is 0 Å². The fourth-order valence-corrected chi connectivity index (χ4v) is 7.68. The summed E-state index contributed by atoms with van der Waals surface area (Å²) in [6, 6.07) is 8.31. The third-order valence-electron chi connectivity index (χ3n) is 4.07. The minimum atomic E-state index is -1.47. The van der Waals surface area contributed by atoms with Gasteiger partial charge in [-0.25, -0.2) is 4.68 Å². The van der Waals surface area contributed by atoms with Crippen LogP contribution in [-0.4, -0.2) is 29.3 Å². The molecule has 0 aliphatic heterocycles. The SMILES string of the molecule is CCCCC(SC)(n1nnc2ccccc21)[Si](C)(C)C. The van der Waals surface area contributed by atoms with E-state index in [2.05, 4.69) is 59.9 Å². The van der Waals surface area contributed by atoms with E-state index in [1.165, 1.54) is 24.8 Å². The fraction of sp³-hybridized carbons (Fsp3) is 0.600. The molecule has 0 aliphatic rings. The first-order chi connectivity index (χ1) is 9.46. The van der Waals surface area contributed by atoms with Gasteiger partial charge in [0.05, 0.1) is 18.1 Å². The van der Waals surface area contributed by atoms with Crippen LogP contribution in [0.3, 0.4) is 0 Å². The van der Waals surface area contributed by atoms with Gasteiger partial charge in [0.15, 0.2) is 0 Å². The van der Waals surface area contributed by atoms with Crippen molar-refractivity contribution in [3.63, 3.8) is 0 Å². The van der Waals surface area contributed by atoms with Crippen molar-refractivity contribution in [3.8, 4) is 0 Å². The molecule has 0 fully saturated rings. The molecular weight excluding hydrogens is 282 g/mol. The monoisotopic (exact) mass is 307 g/mol. The van der Waals surface area contributed by atoms with Crippen molar-refractivity contribution in [2.75, 3.05) is 6.26 Å². The summed E-state index contributed by atoms with van der Waals surface area (Å²) < 4.78 is 2.30. The molecule has 0 N–H and O–H groups in total. The summed E-state index contributed by atoms with van der Waals surface area (Å²) in [7, 11) is -1.47. The van der Waals surface area contributed by atoms with E-state index in [0.717, 1.165) is 5.52 Å². The van der Waals surface area contributed by atoms with Crippen LogP contribution in [0.2, 0.25) is 19.6 Å². The first-order valence-corrected chi connectivity index (χ1v) is 12.0. The second kappa shape index (κ2) is 5.90. The molecule has 1 aromatic carbocycles. The normalized spacial score (nSPS) is 15.4. The summed E-state index contributed by atoms with van der Waals surface area (Å²) in [6.07, 6.45) is 5.86. The Hall–Kier alpha value is -0.813. The van der Waals surface area contributed by atoms with E-state index in [1.54, 1.807) is 0 Å². The standard InChI is InChI=1S/C15H25N3SSi/c1-6-7-12-15(19-2,20(3,4)5)18-14-11-9-8-10-13(14)16-17-18/h8-11H,6-7,12H2,1-5H3. The van der Waals surface area contributed by atoms with E-state index < -0.39 is 8.07 Å². The zero-order chi connectivity index (χ0) is 14.8. The molecule has 1 aromatic heterocycles. The lowest BCUT2D eigenvalue weighted by molar-refractivity contribution is 0.468. The minimum Gasteiger partial charge on any atom is -0.232 e. The Kier molecular flexibility index (Phi) is 4.59. The molecule has 1 unspecified atom stereocenters. The van der Waals surface area contributed by atoms with E-state index >= 15 is 0 Å². The second-order valence-electron chi connectivity index (χ2n) is 6.33. The number of hydrogen-bond donors (Lipinski definition) is 0. The van der Waals surface area contributed by atoms with Crippen molar-refractivity contribution in [2.24, 2.45) is 0 Å². The maximum Gasteiger partial charge on any atom is 0.113 e. The van der Waals surface area contributed by atoms with Crippen LogP contribution in [0.1, 0.15) is 26.2 Å². The summed E-state index contributed by atoms with van der Waals surface area (Å²) in [5, 5.41) is 8.91. The number of aromatic nitrogens is 3. The largest absolute Gasteiger partial charge is 0.232 e. The molecule has 0 saturated carbocycles. The molecule has 0 aliphatic carbocycles. The average molecular weight is 308 g/mol. The second-order valence-corrected chi connectivity index (χ2v) is 13.1. The fourth-order valence-electron chi connectivity index (χ4n) is 2.85. The Labute approximate surface area is 127 Å². The molecule has 0 saturated heterocycles. The first-order valence-electron chi connectivity index (χ1n) is 7.32. The number of thioether (sulfide) groups is 1. The highest BCUT2D eigenvalue weighted by molar-refractivity contribution is 8.01. The van der Waals surface area contributed by atoms with Crippen LogP contribution >= 0.6 is 11.8 Å². The molecule has 0 bridgehead atoms. The molecule has 1 atom stereocenters. The quantitative estimate of drug-likeness (QED) is 0.735. The van der Waals surface area contributed by atoms with Gasteiger partial charge in [-0.15, -0.1) is 16.9 Å². The Morgan fingerprint density at radius 1 is 1.25 bits per heavy atom. The van der Waals surface area contributed by atoms with Gasteiger partial charge in [-0.2, -0.15) is 0 Å². The molecule has 110 valence electrons. The Balaban J connectivity index is 2.61. The van der Waals surface area contributed by atoms with Crippen molar-refractivity contribution >= 4 is 30.9 Å². The van der Waals surface area contributed by atoms with E-state index in [0.29, 0.717) is 0 Å². The molecule has 2 aromatic rings. The number of para-hydroxylation sites is 1. The van der Waals surface area contributed by atoms with Crippen molar-refractivity contribution in [2.45, 2.75) is 50.3 Å². The lowest BCUT2D eigenvalue weighted by Gasteiger charge is -2.42. The zero-order valence-electron chi connectivity index (χ0n) is 13.2. The number of nitrogens with zero attached hydrogens (tertiary/aromatic N) is 3. The van der Waals surface area contributed by atoms with Gasteiger partial charge in [-0.05, 0) is 24.8 Å². The van der Waals surface area contributed by atoms with Crippen molar-refractivity contribution in [1.29, 1.82) is 0 Å². The van der Waals surface area contributed by atoms with Gasteiger partial charge in [-0.1, -0.05) is 56.8 Å². The first kappa shape index (κ1) is 15.6. The maximum atomic E-state index is 4.54. The third kappa shape index (κ3) is 2.53. The number of fused-ring (bicyclic) bond motifs is 1. The number of hydrogen-bond acceptors (Lipinski definition) is 3. The van der Waals surface area contributed by atoms with Crippen molar-refractivity contribution in [1.82, 2.24) is 15.0 Å². The molecule has 20 heavy (non-hydrogen) atoms. The summed E-state index contributed by atoms with van der Waals surface area (Å²) >= 11 is 1.96. The van der Waals surface area contributed by atoms with Crippen LogP contribution in [0.25, 0.3) is 11.0 Å². The number of unbranched alkanes of at least 4 members (excludes halogenated alkanes) is 1. The van der Waals surface area contributed by atoms with Gasteiger partial charge in [0.2, 0.25) is 0 Å². The summed E-state index contributed by atoms with van der Waals surface area (Å²) in [5.41, 5.74) is 2.17. The van der Waals surface area contributed by atoms with Crippen LogP contribution in [0.5, 0.6) is 0 Å². The van der Waals surface area contributed by atoms with Gasteiger partial charge < -0.3 is 0 Å². The highest BCUT2D eigenvalue weighted by atomic mass is 32.2. The lowest BCUT2D eigenvalue weighted by Crippen LogP contribution is -2.52. The predicted molar refractivity (Wildman–Crippen MR) is 91.9 cm³/mol. The third-order valence-corrected chi connectivity index (χ3v) is 10.4. The van der Waals surface area contributed by atoms with E-state index in [4.69, 9.17) is 0 Å². The van der Waals surface area contributed by atoms with Gasteiger partial charge in [0.25, 0.3) is 0 Å². The molecule has 0 spiro atoms. The summed E-state index contributed by atoms with van der Waals surface area (Å²) in [5.74, 6) is 0. The predicted octanol–water partition coefficient (Wildman–Crippen LogP) is 4.51. The smallest absolute Gasteiger partial charge is 0.113 e. The van der Waals surface area contributed by atoms with Gasteiger partial charge in [0, 0.05) is 0 Å². The molecule has 5 heteroatoms. The van der Waals surface area contributed by atoms with Crippen LogP contribution in [-0.2, 0) is 4.49 Å². The summed E-state index contributed by atoms with van der Waals surface area (Å²) in [6.45, 7) is 9.58. The van der Waals surface area contributed by atoms with Crippen molar-refractivity contribution in [3.05, 3.63) is 24.3 Å². The maximum absolute atomic E-state index is 4.54. The topological polar surface area (TPSA) is 30.7 Å². The zero-order valence-corrected chi connectivity index (χ0v) is 15.0. The number of rotatable bonds is 6. The Bertz CT molecular complexity index is 576. The Morgan fingerprint density at radius 2 is 1.95 bits per heavy atom. The van der Waals surface area contributed by atoms with Gasteiger partial charge >= 0.3 is 0 Å². The van der Waals surface area contributed by atoms with Crippen LogP contribution in [0.15, 0.2) is 24.3 Å². The molecular formula is C15H25N3SSi. The van der Waals surface area contributed by atoms with E-state index in [1.807, 2.05) is 23.9 Å². The molecule has 1 heterocycles. The summed E-state index contributed by atoms with van der Waals surface area (Å²) in [4.78, 5) is 0. The lowest BCUT2D eigenvalue weighted by atomic mass is 10.2. The van der Waals surface area contributed by atoms with E-state index in [9.17, 15) is 0 Å². The van der Waals surface area contributed by atoms with E-state index in [-0.39, 0.29) is 4.49 Å². The molecule has 0 amide bonds. The molecule has 2 rings (SSSR count). The van der Waals surface area contributed by atoms with Gasteiger partial charge in [0.1, 0.15) is 5.52 Å². The average Bonchev–Trinajstić information content (AvgIpc) is 2.83. The molecule has 3 nitrogen and oxygen atoms in total. The van der Waals surface area contributed by atoms with Gasteiger partial charge in [-0.3, -0.25) is 0 Å². The van der Waals surface area contributed by atoms with Crippen LogP contribution in [0, 0.1) is 0 Å². The number of benzene rings is 1. The van der Waals surface area contributed by atoms with Crippen LogP contribution in [0.4, 0.5) is 0 Å². The molecule has 0 radical (unpaired) electrons. The highest BCUT2D eigenvalue weighted by Gasteiger charge is 2.45. The van der Waals surface area contributed by atoms with Crippen molar-refractivity contribution < 1.29 is 0 Å². The highest BCUT2D eigenvalue weighted by Crippen LogP contribution is 2.43.